The Morgan fingerprint density at radius 2 is 1.59 bits per heavy atom. The second-order valence-electron chi connectivity index (χ2n) is 9.73. The Kier molecular flexibility index (Phi) is 6.07. The summed E-state index contributed by atoms with van der Waals surface area (Å²) >= 11 is 0. The lowest BCUT2D eigenvalue weighted by Crippen LogP contribution is -2.57. The predicted molar refractivity (Wildman–Crippen MR) is 124 cm³/mol. The van der Waals surface area contributed by atoms with Crippen LogP contribution in [-0.4, -0.2) is 60.9 Å². The molecule has 3 fully saturated rings. The third kappa shape index (κ3) is 4.09. The van der Waals surface area contributed by atoms with Crippen LogP contribution in [0.3, 0.4) is 0 Å². The molecule has 172 valence electrons. The molecule has 1 aromatic carbocycles. The molecule has 3 heterocycles. The quantitative estimate of drug-likeness (QED) is 0.784. The van der Waals surface area contributed by atoms with Crippen molar-refractivity contribution in [3.8, 4) is 0 Å². The van der Waals surface area contributed by atoms with E-state index in [4.69, 9.17) is 0 Å². The fraction of sp³-hybridized carbons (Fsp3) is 0.640. The van der Waals surface area contributed by atoms with Gasteiger partial charge in [-0.2, -0.15) is 0 Å². The Balaban J connectivity index is 1.42. The Morgan fingerprint density at radius 1 is 0.875 bits per heavy atom. The molecule has 5 rings (SSSR count). The average molecular weight is 439 g/mol. The van der Waals surface area contributed by atoms with Crippen molar-refractivity contribution in [1.82, 2.24) is 10.2 Å². The Labute approximate surface area is 190 Å². The van der Waals surface area contributed by atoms with E-state index >= 15 is 0 Å². The van der Waals surface area contributed by atoms with Crippen molar-refractivity contribution in [3.05, 3.63) is 23.8 Å². The van der Waals surface area contributed by atoms with Gasteiger partial charge in [-0.1, -0.05) is 19.3 Å². The van der Waals surface area contributed by atoms with Gasteiger partial charge in [-0.3, -0.25) is 19.3 Å². The number of benzene rings is 1. The zero-order chi connectivity index (χ0) is 22.1. The second-order valence-corrected chi connectivity index (χ2v) is 9.73. The fourth-order valence-electron chi connectivity index (χ4n) is 5.82. The van der Waals surface area contributed by atoms with Crippen molar-refractivity contribution >= 4 is 29.1 Å². The highest BCUT2D eigenvalue weighted by atomic mass is 16.2. The lowest BCUT2D eigenvalue weighted by molar-refractivity contribution is -0.125. The number of nitrogens with zero attached hydrogens (tertiary/aromatic N) is 3. The third-order valence-corrected chi connectivity index (χ3v) is 7.54. The number of likely N-dealkylation sites (tertiary alicyclic amines) is 1. The molecule has 0 aromatic heterocycles. The molecule has 2 saturated heterocycles. The molecule has 0 bridgehead atoms. The topological polar surface area (TPSA) is 73.0 Å². The van der Waals surface area contributed by atoms with Gasteiger partial charge in [0.25, 0.3) is 5.91 Å². The van der Waals surface area contributed by atoms with E-state index in [-0.39, 0.29) is 36.3 Å². The van der Waals surface area contributed by atoms with E-state index in [0.29, 0.717) is 11.3 Å². The first-order valence-electron chi connectivity index (χ1n) is 12.4. The first-order chi connectivity index (χ1) is 15.6. The van der Waals surface area contributed by atoms with Gasteiger partial charge >= 0.3 is 0 Å². The van der Waals surface area contributed by atoms with Gasteiger partial charge in [0, 0.05) is 31.2 Å². The molecule has 3 aliphatic heterocycles. The van der Waals surface area contributed by atoms with Crippen LogP contribution in [-0.2, 0) is 9.59 Å². The van der Waals surface area contributed by atoms with Crippen LogP contribution in [0.1, 0.15) is 74.6 Å². The van der Waals surface area contributed by atoms with E-state index in [9.17, 15) is 14.4 Å². The van der Waals surface area contributed by atoms with Gasteiger partial charge in [0.2, 0.25) is 11.8 Å². The van der Waals surface area contributed by atoms with E-state index in [1.165, 1.54) is 6.42 Å². The summed E-state index contributed by atoms with van der Waals surface area (Å²) in [6, 6.07) is 5.72. The van der Waals surface area contributed by atoms with Gasteiger partial charge in [0.15, 0.2) is 0 Å². The first kappa shape index (κ1) is 21.3. The maximum Gasteiger partial charge on any atom is 0.253 e. The molecule has 0 radical (unpaired) electrons. The number of anilines is 2. The molecule has 32 heavy (non-hydrogen) atoms. The fourth-order valence-corrected chi connectivity index (χ4v) is 5.82. The molecule has 0 spiro atoms. The summed E-state index contributed by atoms with van der Waals surface area (Å²) in [5.74, 6) is -0.0939. The van der Waals surface area contributed by atoms with Crippen LogP contribution in [0.25, 0.3) is 0 Å². The Bertz CT molecular complexity index is 889. The largest absolute Gasteiger partial charge is 0.358 e. The number of fused-ring (bicyclic) bond motifs is 3. The predicted octanol–water partition coefficient (Wildman–Crippen LogP) is 3.08. The smallest absolute Gasteiger partial charge is 0.253 e. The number of amides is 3. The number of carbonyl (C=O) groups is 3. The molecule has 1 saturated carbocycles. The molecular weight excluding hydrogens is 404 g/mol. The van der Waals surface area contributed by atoms with Crippen molar-refractivity contribution in [3.63, 3.8) is 0 Å². The van der Waals surface area contributed by atoms with Crippen molar-refractivity contribution in [2.75, 3.05) is 36.0 Å². The van der Waals surface area contributed by atoms with Crippen LogP contribution < -0.4 is 15.1 Å². The monoisotopic (exact) mass is 438 g/mol. The van der Waals surface area contributed by atoms with Crippen molar-refractivity contribution in [1.29, 1.82) is 0 Å². The van der Waals surface area contributed by atoms with Crippen molar-refractivity contribution in [2.45, 2.75) is 76.3 Å². The van der Waals surface area contributed by atoms with Crippen molar-refractivity contribution in [2.24, 2.45) is 0 Å². The zero-order valence-electron chi connectivity index (χ0n) is 18.9. The minimum Gasteiger partial charge on any atom is -0.358 e. The van der Waals surface area contributed by atoms with Gasteiger partial charge in [0.05, 0.1) is 11.4 Å². The molecule has 1 N–H and O–H groups in total. The van der Waals surface area contributed by atoms with E-state index in [1.807, 2.05) is 23.1 Å². The summed E-state index contributed by atoms with van der Waals surface area (Å²) in [5, 5.41) is 3.15. The highest BCUT2D eigenvalue weighted by Crippen LogP contribution is 2.40. The standard InChI is InChI=1S/C25H34N4O3/c30-23(26-19-8-2-1-3-9-19)17-29-22-16-18(24(31)27-13-6-7-14-27)11-12-20(22)28-15-5-4-10-21(28)25(29)32/h11-12,16,19,21H,1-10,13-15,17H2,(H,26,30)/t21-/m0/s1. The molecule has 1 atom stereocenters. The number of rotatable bonds is 4. The zero-order valence-corrected chi connectivity index (χ0v) is 18.9. The van der Waals surface area contributed by atoms with Gasteiger partial charge in [-0.05, 0) is 63.1 Å². The molecule has 1 aromatic rings. The SMILES string of the molecule is O=C(CN1C(=O)[C@@H]2CCCCN2c2ccc(C(=O)N3CCCC3)cc21)NC1CCCCC1. The first-order valence-corrected chi connectivity index (χ1v) is 12.4. The van der Waals surface area contributed by atoms with Crippen LogP contribution in [0.2, 0.25) is 0 Å². The van der Waals surface area contributed by atoms with Crippen LogP contribution in [0.15, 0.2) is 18.2 Å². The minimum atomic E-state index is -0.209. The number of nitrogens with one attached hydrogen (secondary N) is 1. The number of hydrogen-bond acceptors (Lipinski definition) is 4. The second kappa shape index (κ2) is 9.12. The third-order valence-electron chi connectivity index (χ3n) is 7.54. The molecule has 1 aliphatic carbocycles. The maximum absolute atomic E-state index is 13.5. The van der Waals surface area contributed by atoms with E-state index < -0.39 is 0 Å². The summed E-state index contributed by atoms with van der Waals surface area (Å²) in [7, 11) is 0. The number of carbonyl (C=O) groups excluding carboxylic acids is 3. The lowest BCUT2D eigenvalue weighted by atomic mass is 9.94. The van der Waals surface area contributed by atoms with Gasteiger partial charge in [-0.15, -0.1) is 0 Å². The van der Waals surface area contributed by atoms with E-state index in [2.05, 4.69) is 10.2 Å². The molecule has 7 heteroatoms. The Morgan fingerprint density at radius 3 is 2.38 bits per heavy atom. The van der Waals surface area contributed by atoms with Crippen LogP contribution >= 0.6 is 0 Å². The van der Waals surface area contributed by atoms with Crippen LogP contribution in [0.5, 0.6) is 0 Å². The molecule has 7 nitrogen and oxygen atoms in total. The maximum atomic E-state index is 13.5. The van der Waals surface area contributed by atoms with Crippen molar-refractivity contribution < 1.29 is 14.4 Å². The summed E-state index contributed by atoms with van der Waals surface area (Å²) in [6.45, 7) is 2.44. The van der Waals surface area contributed by atoms with Gasteiger partial charge < -0.3 is 15.1 Å². The minimum absolute atomic E-state index is 0.0123. The highest BCUT2D eigenvalue weighted by molar-refractivity contribution is 6.09. The normalized spacial score (nSPS) is 23.7. The van der Waals surface area contributed by atoms with Gasteiger partial charge in [0.1, 0.15) is 12.6 Å². The van der Waals surface area contributed by atoms with Crippen LogP contribution in [0.4, 0.5) is 11.4 Å². The summed E-state index contributed by atoms with van der Waals surface area (Å²) in [6.07, 6.45) is 10.5. The molecule has 4 aliphatic rings. The van der Waals surface area contributed by atoms with Crippen LogP contribution in [0, 0.1) is 0 Å². The Hall–Kier alpha value is -2.57. The average Bonchev–Trinajstić information content (AvgIpc) is 3.37. The summed E-state index contributed by atoms with van der Waals surface area (Å²) in [4.78, 5) is 45.1. The summed E-state index contributed by atoms with van der Waals surface area (Å²) < 4.78 is 0. The highest BCUT2D eigenvalue weighted by Gasteiger charge is 2.40. The van der Waals surface area contributed by atoms with Gasteiger partial charge in [-0.25, -0.2) is 0 Å². The summed E-state index contributed by atoms with van der Waals surface area (Å²) in [5.41, 5.74) is 2.28. The molecule has 3 amide bonds. The van der Waals surface area contributed by atoms with E-state index in [0.717, 1.165) is 83.1 Å². The van der Waals surface area contributed by atoms with E-state index in [1.54, 1.807) is 4.90 Å². The number of piperidine rings is 1. The lowest BCUT2D eigenvalue weighted by Gasteiger charge is -2.45. The molecule has 0 unspecified atom stereocenters. The molecular formula is C25H34N4O3. The number of hydrogen-bond donors (Lipinski definition) is 1.